The lowest BCUT2D eigenvalue weighted by atomic mass is 9.91. The normalized spacial score (nSPS) is 15.6. The fourth-order valence-corrected chi connectivity index (χ4v) is 2.60. The number of nitrogens with one attached hydrogen (secondary N) is 2. The number of hydrogen-bond donors (Lipinski definition) is 2. The number of carbonyl (C=O) groups is 2. The Morgan fingerprint density at radius 1 is 1.12 bits per heavy atom. The van der Waals surface area contributed by atoms with E-state index in [1.807, 2.05) is 24.3 Å². The molecule has 1 saturated heterocycles. The lowest BCUT2D eigenvalue weighted by molar-refractivity contribution is -0.138. The molecule has 2 rings (SSSR count). The monoisotopic (exact) mass is 344 g/mol. The van der Waals surface area contributed by atoms with Gasteiger partial charge in [0, 0.05) is 44.1 Å². The van der Waals surface area contributed by atoms with E-state index in [1.165, 1.54) is 0 Å². The van der Waals surface area contributed by atoms with Crippen LogP contribution in [-0.4, -0.2) is 56.5 Å². The Labute approximate surface area is 149 Å². The Kier molecular flexibility index (Phi) is 6.20. The molecule has 2 N–H and O–H groups in total. The Hall–Kier alpha value is -2.34. The van der Waals surface area contributed by atoms with Gasteiger partial charge in [-0.3, -0.25) is 9.59 Å². The molecule has 6 heteroatoms. The van der Waals surface area contributed by atoms with Crippen LogP contribution in [0.5, 0.6) is 0 Å². The second-order valence-electron chi connectivity index (χ2n) is 6.92. The number of anilines is 2. The third kappa shape index (κ3) is 4.82. The van der Waals surface area contributed by atoms with Crippen molar-refractivity contribution in [3.05, 3.63) is 36.9 Å². The van der Waals surface area contributed by atoms with Crippen LogP contribution in [0, 0.1) is 5.41 Å². The summed E-state index contributed by atoms with van der Waals surface area (Å²) in [7, 11) is 2.13. The highest BCUT2D eigenvalue weighted by Crippen LogP contribution is 2.22. The summed E-state index contributed by atoms with van der Waals surface area (Å²) in [5.74, 6) is -0.652. The van der Waals surface area contributed by atoms with Crippen LogP contribution in [0.2, 0.25) is 0 Å². The quantitative estimate of drug-likeness (QED) is 0.609. The number of hydrogen-bond acceptors (Lipinski definition) is 4. The molecule has 1 heterocycles. The van der Waals surface area contributed by atoms with Crippen LogP contribution in [0.4, 0.5) is 11.4 Å². The van der Waals surface area contributed by atoms with E-state index in [-0.39, 0.29) is 11.8 Å². The molecular formula is C19H28N4O2. The maximum absolute atomic E-state index is 12.4. The Morgan fingerprint density at radius 2 is 1.72 bits per heavy atom. The van der Waals surface area contributed by atoms with E-state index < -0.39 is 5.41 Å². The summed E-state index contributed by atoms with van der Waals surface area (Å²) in [6.07, 6.45) is 1.59. The Bertz CT molecular complexity index is 617. The molecule has 1 aliphatic heterocycles. The predicted molar refractivity (Wildman–Crippen MR) is 102 cm³/mol. The number of carbonyl (C=O) groups excluding carboxylic acids is 2. The summed E-state index contributed by atoms with van der Waals surface area (Å²) in [5.41, 5.74) is 0.681. The lowest BCUT2D eigenvalue weighted by Gasteiger charge is -2.34. The van der Waals surface area contributed by atoms with Crippen LogP contribution in [0.25, 0.3) is 0 Å². The minimum absolute atomic E-state index is 0.320. The summed E-state index contributed by atoms with van der Waals surface area (Å²) in [4.78, 5) is 29.2. The average Bonchev–Trinajstić information content (AvgIpc) is 2.61. The first-order chi connectivity index (χ1) is 11.8. The lowest BCUT2D eigenvalue weighted by Crippen LogP contribution is -2.45. The fourth-order valence-electron chi connectivity index (χ4n) is 2.60. The molecule has 25 heavy (non-hydrogen) atoms. The van der Waals surface area contributed by atoms with Crippen molar-refractivity contribution in [3.8, 4) is 0 Å². The maximum atomic E-state index is 12.4. The van der Waals surface area contributed by atoms with Crippen molar-refractivity contribution in [3.63, 3.8) is 0 Å². The van der Waals surface area contributed by atoms with Crippen LogP contribution < -0.4 is 15.5 Å². The minimum atomic E-state index is -1.15. The van der Waals surface area contributed by atoms with Gasteiger partial charge in [-0.25, -0.2) is 0 Å². The molecule has 136 valence electrons. The largest absolute Gasteiger partial charge is 0.369 e. The van der Waals surface area contributed by atoms with E-state index in [1.54, 1.807) is 19.9 Å². The molecule has 0 unspecified atom stereocenters. The van der Waals surface area contributed by atoms with Gasteiger partial charge in [-0.1, -0.05) is 6.08 Å². The number of likely N-dealkylation sites (N-methyl/N-ethyl adjacent to an activating group) is 1. The summed E-state index contributed by atoms with van der Waals surface area (Å²) in [6.45, 7) is 11.2. The molecular weight excluding hydrogens is 316 g/mol. The highest BCUT2D eigenvalue weighted by molar-refractivity contribution is 6.09. The third-order valence-electron chi connectivity index (χ3n) is 4.54. The van der Waals surface area contributed by atoms with Gasteiger partial charge in [-0.15, -0.1) is 6.58 Å². The first-order valence-corrected chi connectivity index (χ1v) is 8.59. The fraction of sp³-hybridized carbons (Fsp3) is 0.474. The molecule has 1 aromatic carbocycles. The third-order valence-corrected chi connectivity index (χ3v) is 4.54. The van der Waals surface area contributed by atoms with Gasteiger partial charge < -0.3 is 20.4 Å². The zero-order chi connectivity index (χ0) is 18.4. The van der Waals surface area contributed by atoms with Crippen LogP contribution in [0.15, 0.2) is 36.9 Å². The van der Waals surface area contributed by atoms with E-state index in [4.69, 9.17) is 0 Å². The van der Waals surface area contributed by atoms with Gasteiger partial charge in [0.05, 0.1) is 0 Å². The molecule has 0 bridgehead atoms. The van der Waals surface area contributed by atoms with Crippen molar-refractivity contribution >= 4 is 23.2 Å². The molecule has 1 fully saturated rings. The van der Waals surface area contributed by atoms with Crippen molar-refractivity contribution in [2.75, 3.05) is 50.0 Å². The molecule has 1 aliphatic rings. The van der Waals surface area contributed by atoms with Gasteiger partial charge >= 0.3 is 0 Å². The van der Waals surface area contributed by atoms with Crippen molar-refractivity contribution in [2.24, 2.45) is 5.41 Å². The van der Waals surface area contributed by atoms with Gasteiger partial charge in [-0.05, 0) is 45.2 Å². The Morgan fingerprint density at radius 3 is 2.28 bits per heavy atom. The molecule has 2 amide bonds. The van der Waals surface area contributed by atoms with E-state index >= 15 is 0 Å². The van der Waals surface area contributed by atoms with Crippen LogP contribution in [0.3, 0.4) is 0 Å². The topological polar surface area (TPSA) is 64.7 Å². The first-order valence-electron chi connectivity index (χ1n) is 8.59. The summed E-state index contributed by atoms with van der Waals surface area (Å²) < 4.78 is 0. The molecule has 0 aliphatic carbocycles. The Balaban J connectivity index is 1.97. The summed E-state index contributed by atoms with van der Waals surface area (Å²) in [5, 5.41) is 5.49. The number of nitrogens with zero attached hydrogens (tertiary/aromatic N) is 2. The standard InChI is InChI=1S/C19H28N4O2/c1-5-10-20-17(24)19(2,3)18(25)21-15-6-8-16(9-7-15)23-13-11-22(4)12-14-23/h5-9H,1,10-14H2,2-4H3,(H,20,24)(H,21,25). The number of amides is 2. The summed E-state index contributed by atoms with van der Waals surface area (Å²) in [6, 6.07) is 7.77. The number of benzene rings is 1. The van der Waals surface area contributed by atoms with E-state index in [0.717, 1.165) is 31.9 Å². The molecule has 0 radical (unpaired) electrons. The van der Waals surface area contributed by atoms with Crippen molar-refractivity contribution in [1.29, 1.82) is 0 Å². The van der Waals surface area contributed by atoms with Crippen molar-refractivity contribution < 1.29 is 9.59 Å². The molecule has 0 aromatic heterocycles. The molecule has 1 aromatic rings. The van der Waals surface area contributed by atoms with Gasteiger partial charge in [0.25, 0.3) is 0 Å². The van der Waals surface area contributed by atoms with Gasteiger partial charge in [0.1, 0.15) is 5.41 Å². The number of piperazine rings is 1. The van der Waals surface area contributed by atoms with Gasteiger partial charge in [-0.2, -0.15) is 0 Å². The van der Waals surface area contributed by atoms with E-state index in [0.29, 0.717) is 12.2 Å². The SMILES string of the molecule is C=CCNC(=O)C(C)(C)C(=O)Nc1ccc(N2CCN(C)CC2)cc1. The van der Waals surface area contributed by atoms with Gasteiger partial charge in [0.2, 0.25) is 11.8 Å². The van der Waals surface area contributed by atoms with E-state index in [9.17, 15) is 9.59 Å². The molecule has 0 saturated carbocycles. The molecule has 0 spiro atoms. The highest BCUT2D eigenvalue weighted by atomic mass is 16.2. The smallest absolute Gasteiger partial charge is 0.239 e. The van der Waals surface area contributed by atoms with E-state index in [2.05, 4.69) is 34.1 Å². The zero-order valence-electron chi connectivity index (χ0n) is 15.3. The second kappa shape index (κ2) is 8.16. The average molecular weight is 344 g/mol. The maximum Gasteiger partial charge on any atom is 0.239 e. The summed E-state index contributed by atoms with van der Waals surface area (Å²) >= 11 is 0. The number of rotatable bonds is 6. The predicted octanol–water partition coefficient (Wildman–Crippen LogP) is 1.71. The highest BCUT2D eigenvalue weighted by Gasteiger charge is 2.35. The van der Waals surface area contributed by atoms with Crippen molar-refractivity contribution in [1.82, 2.24) is 10.2 Å². The second-order valence-corrected chi connectivity index (χ2v) is 6.92. The van der Waals surface area contributed by atoms with Crippen LogP contribution in [0.1, 0.15) is 13.8 Å². The minimum Gasteiger partial charge on any atom is -0.369 e. The first kappa shape index (κ1) is 19.0. The van der Waals surface area contributed by atoms with Crippen LogP contribution >= 0.6 is 0 Å². The molecule has 0 atom stereocenters. The van der Waals surface area contributed by atoms with Crippen molar-refractivity contribution in [2.45, 2.75) is 13.8 Å². The van der Waals surface area contributed by atoms with Crippen LogP contribution in [-0.2, 0) is 9.59 Å². The zero-order valence-corrected chi connectivity index (χ0v) is 15.3. The van der Waals surface area contributed by atoms with Gasteiger partial charge in [0.15, 0.2) is 0 Å². The molecule has 6 nitrogen and oxygen atoms in total.